The smallest absolute Gasteiger partial charge is 0.133 e. The van der Waals surface area contributed by atoms with Gasteiger partial charge in [-0.1, -0.05) is 18.5 Å². The molecule has 0 aromatic carbocycles. The van der Waals surface area contributed by atoms with E-state index in [0.717, 1.165) is 10.8 Å². The molecule has 0 spiro atoms. The molecule has 0 saturated carbocycles. The molecule has 0 aliphatic heterocycles. The standard InChI is InChI=1S/C13H16ClNO2S/c1-2-9(12-5-6-13(14)18-12)15-8-10(16)11-4-3-7-17-11/h3-7,9-10,15-16H,2,8H2,1H3. The molecule has 0 amide bonds. The summed E-state index contributed by atoms with van der Waals surface area (Å²) in [7, 11) is 0. The van der Waals surface area contributed by atoms with Gasteiger partial charge in [-0.3, -0.25) is 0 Å². The first-order valence-electron chi connectivity index (χ1n) is 5.90. The first-order valence-corrected chi connectivity index (χ1v) is 7.10. The summed E-state index contributed by atoms with van der Waals surface area (Å²) in [5, 5.41) is 13.3. The molecule has 2 rings (SSSR count). The van der Waals surface area contributed by atoms with Crippen molar-refractivity contribution < 1.29 is 9.52 Å². The highest BCUT2D eigenvalue weighted by molar-refractivity contribution is 7.16. The van der Waals surface area contributed by atoms with E-state index in [2.05, 4.69) is 12.2 Å². The molecule has 2 atom stereocenters. The van der Waals surface area contributed by atoms with Gasteiger partial charge in [0.25, 0.3) is 0 Å². The van der Waals surface area contributed by atoms with E-state index in [1.54, 1.807) is 29.7 Å². The number of hydrogen-bond acceptors (Lipinski definition) is 4. The third-order valence-corrected chi connectivity index (χ3v) is 4.12. The maximum Gasteiger partial charge on any atom is 0.133 e. The third kappa shape index (κ3) is 3.36. The Morgan fingerprint density at radius 3 is 2.83 bits per heavy atom. The number of aliphatic hydroxyl groups excluding tert-OH is 1. The van der Waals surface area contributed by atoms with Crippen LogP contribution in [0.1, 0.15) is 36.1 Å². The fourth-order valence-corrected chi connectivity index (χ4v) is 3.02. The Bertz CT molecular complexity index is 469. The second-order valence-corrected chi connectivity index (χ2v) is 5.79. The molecule has 0 aliphatic rings. The Kier molecular flexibility index (Phi) is 4.83. The predicted molar refractivity (Wildman–Crippen MR) is 74.0 cm³/mol. The second-order valence-electron chi connectivity index (χ2n) is 4.04. The summed E-state index contributed by atoms with van der Waals surface area (Å²) < 4.78 is 5.95. The molecule has 0 radical (unpaired) electrons. The molecule has 98 valence electrons. The molecule has 0 fully saturated rings. The molecule has 2 unspecified atom stereocenters. The first kappa shape index (κ1) is 13.6. The Morgan fingerprint density at radius 1 is 1.44 bits per heavy atom. The quantitative estimate of drug-likeness (QED) is 0.849. The molecule has 2 aromatic rings. The van der Waals surface area contributed by atoms with Crippen LogP contribution in [-0.2, 0) is 0 Å². The van der Waals surface area contributed by atoms with E-state index < -0.39 is 6.10 Å². The highest BCUT2D eigenvalue weighted by Crippen LogP contribution is 2.28. The van der Waals surface area contributed by atoms with Crippen molar-refractivity contribution in [2.75, 3.05) is 6.54 Å². The largest absolute Gasteiger partial charge is 0.467 e. The van der Waals surface area contributed by atoms with Crippen LogP contribution in [0.2, 0.25) is 4.34 Å². The lowest BCUT2D eigenvalue weighted by Gasteiger charge is -2.17. The van der Waals surface area contributed by atoms with E-state index >= 15 is 0 Å². The van der Waals surface area contributed by atoms with Gasteiger partial charge in [-0.25, -0.2) is 0 Å². The van der Waals surface area contributed by atoms with E-state index in [9.17, 15) is 5.11 Å². The van der Waals surface area contributed by atoms with Gasteiger partial charge >= 0.3 is 0 Å². The van der Waals surface area contributed by atoms with Crippen LogP contribution in [0.5, 0.6) is 0 Å². The Morgan fingerprint density at radius 2 is 2.28 bits per heavy atom. The minimum atomic E-state index is -0.621. The lowest BCUT2D eigenvalue weighted by atomic mass is 10.1. The zero-order chi connectivity index (χ0) is 13.0. The number of thiophene rings is 1. The topological polar surface area (TPSA) is 45.4 Å². The fraction of sp³-hybridized carbons (Fsp3) is 0.385. The van der Waals surface area contributed by atoms with Crippen molar-refractivity contribution in [1.29, 1.82) is 0 Å². The van der Waals surface area contributed by atoms with Gasteiger partial charge in [0.15, 0.2) is 0 Å². The van der Waals surface area contributed by atoms with Crippen LogP contribution < -0.4 is 5.32 Å². The van der Waals surface area contributed by atoms with Crippen LogP contribution in [0.4, 0.5) is 0 Å². The van der Waals surface area contributed by atoms with Crippen molar-refractivity contribution in [2.24, 2.45) is 0 Å². The Hall–Kier alpha value is -0.810. The van der Waals surface area contributed by atoms with Gasteiger partial charge in [-0.2, -0.15) is 0 Å². The van der Waals surface area contributed by atoms with Crippen molar-refractivity contribution >= 4 is 22.9 Å². The molecule has 18 heavy (non-hydrogen) atoms. The molecule has 5 heteroatoms. The third-order valence-electron chi connectivity index (χ3n) is 2.77. The highest BCUT2D eigenvalue weighted by atomic mass is 35.5. The Labute approximate surface area is 115 Å². The van der Waals surface area contributed by atoms with Gasteiger partial charge in [0.1, 0.15) is 11.9 Å². The van der Waals surface area contributed by atoms with Crippen LogP contribution in [0.15, 0.2) is 34.9 Å². The van der Waals surface area contributed by atoms with Gasteiger partial charge in [-0.15, -0.1) is 11.3 Å². The summed E-state index contributed by atoms with van der Waals surface area (Å²) in [5.41, 5.74) is 0. The van der Waals surface area contributed by atoms with Crippen LogP contribution in [-0.4, -0.2) is 11.7 Å². The lowest BCUT2D eigenvalue weighted by molar-refractivity contribution is 0.143. The van der Waals surface area contributed by atoms with Crippen molar-refractivity contribution in [1.82, 2.24) is 5.32 Å². The van der Waals surface area contributed by atoms with E-state index in [1.165, 1.54) is 4.88 Å². The van der Waals surface area contributed by atoms with Crippen LogP contribution >= 0.6 is 22.9 Å². The zero-order valence-corrected chi connectivity index (χ0v) is 11.7. The summed E-state index contributed by atoms with van der Waals surface area (Å²) >= 11 is 7.50. The molecule has 3 nitrogen and oxygen atoms in total. The monoisotopic (exact) mass is 285 g/mol. The highest BCUT2D eigenvalue weighted by Gasteiger charge is 2.15. The van der Waals surface area contributed by atoms with Crippen LogP contribution in [0.3, 0.4) is 0 Å². The average molecular weight is 286 g/mol. The maximum absolute atomic E-state index is 9.93. The van der Waals surface area contributed by atoms with Crippen molar-refractivity contribution in [3.05, 3.63) is 45.5 Å². The van der Waals surface area contributed by atoms with Gasteiger partial charge in [0.05, 0.1) is 10.6 Å². The summed E-state index contributed by atoms with van der Waals surface area (Å²) in [4.78, 5) is 1.19. The maximum atomic E-state index is 9.93. The van der Waals surface area contributed by atoms with E-state index in [4.69, 9.17) is 16.0 Å². The predicted octanol–water partition coefficient (Wildman–Crippen LogP) is 3.77. The molecule has 2 N–H and O–H groups in total. The van der Waals surface area contributed by atoms with Crippen LogP contribution in [0.25, 0.3) is 0 Å². The molecule has 2 heterocycles. The minimum Gasteiger partial charge on any atom is -0.467 e. The zero-order valence-electron chi connectivity index (χ0n) is 10.1. The number of halogens is 1. The number of furan rings is 1. The molecular weight excluding hydrogens is 270 g/mol. The average Bonchev–Trinajstić information content (AvgIpc) is 3.01. The number of nitrogens with one attached hydrogen (secondary N) is 1. The lowest BCUT2D eigenvalue weighted by Crippen LogP contribution is -2.25. The number of rotatable bonds is 6. The number of hydrogen-bond donors (Lipinski definition) is 2. The number of aliphatic hydroxyl groups is 1. The summed E-state index contributed by atoms with van der Waals surface area (Å²) in [6, 6.07) is 7.68. The van der Waals surface area contributed by atoms with E-state index in [-0.39, 0.29) is 6.04 Å². The van der Waals surface area contributed by atoms with E-state index in [0.29, 0.717) is 12.3 Å². The fourth-order valence-electron chi connectivity index (χ4n) is 1.80. The molecular formula is C13H16ClNO2S. The van der Waals surface area contributed by atoms with Crippen molar-refractivity contribution in [3.63, 3.8) is 0 Å². The molecule has 2 aromatic heterocycles. The van der Waals surface area contributed by atoms with Crippen LogP contribution in [0, 0.1) is 0 Å². The van der Waals surface area contributed by atoms with Gasteiger partial charge in [0.2, 0.25) is 0 Å². The van der Waals surface area contributed by atoms with E-state index in [1.807, 2.05) is 12.1 Å². The molecule has 0 bridgehead atoms. The normalized spacial score (nSPS) is 14.6. The SMILES string of the molecule is CCC(NCC(O)c1ccco1)c1ccc(Cl)s1. The van der Waals surface area contributed by atoms with Gasteiger partial charge in [0, 0.05) is 17.5 Å². The first-order chi connectivity index (χ1) is 8.70. The van der Waals surface area contributed by atoms with Gasteiger partial charge < -0.3 is 14.8 Å². The van der Waals surface area contributed by atoms with Crippen molar-refractivity contribution in [3.8, 4) is 0 Å². The second kappa shape index (κ2) is 6.38. The van der Waals surface area contributed by atoms with Crippen molar-refractivity contribution in [2.45, 2.75) is 25.5 Å². The minimum absolute atomic E-state index is 0.215. The summed E-state index contributed by atoms with van der Waals surface area (Å²) in [5.74, 6) is 0.585. The molecule has 0 aliphatic carbocycles. The molecule has 0 saturated heterocycles. The summed E-state index contributed by atoms with van der Waals surface area (Å²) in [6.07, 6.45) is 1.89. The Balaban J connectivity index is 1.91. The van der Waals surface area contributed by atoms with Gasteiger partial charge in [-0.05, 0) is 30.7 Å². The summed E-state index contributed by atoms with van der Waals surface area (Å²) in [6.45, 7) is 2.56.